The summed E-state index contributed by atoms with van der Waals surface area (Å²) in [4.78, 5) is 5.42. The molecule has 0 spiro atoms. The van der Waals surface area contributed by atoms with Crippen LogP contribution in [0.25, 0.3) is 0 Å². The predicted molar refractivity (Wildman–Crippen MR) is 81.8 cm³/mol. The number of hydrogen-bond donors (Lipinski definition) is 1. The van der Waals surface area contributed by atoms with Gasteiger partial charge in [-0.3, -0.25) is 9.80 Å². The monoisotopic (exact) mass is 281 g/mol. The van der Waals surface area contributed by atoms with Crippen LogP contribution in [0.4, 0.5) is 0 Å². The van der Waals surface area contributed by atoms with Gasteiger partial charge in [0, 0.05) is 37.8 Å². The second-order valence-electron chi connectivity index (χ2n) is 7.23. The third kappa shape index (κ3) is 2.76. The molecule has 3 saturated heterocycles. The van der Waals surface area contributed by atoms with Crippen molar-refractivity contribution in [3.8, 4) is 0 Å². The van der Waals surface area contributed by atoms with Gasteiger partial charge >= 0.3 is 0 Å². The molecule has 3 fully saturated rings. The van der Waals surface area contributed by atoms with E-state index in [2.05, 4.69) is 23.6 Å². The molecule has 3 atom stereocenters. The number of piperazine rings is 1. The van der Waals surface area contributed by atoms with E-state index in [4.69, 9.17) is 10.5 Å². The van der Waals surface area contributed by atoms with E-state index < -0.39 is 0 Å². The number of nitrogens with zero attached hydrogens (tertiary/aromatic N) is 2. The number of hydrogen-bond acceptors (Lipinski definition) is 4. The van der Waals surface area contributed by atoms with Crippen LogP contribution in [0.3, 0.4) is 0 Å². The molecule has 116 valence electrons. The predicted octanol–water partition coefficient (Wildman–Crippen LogP) is 1.44. The van der Waals surface area contributed by atoms with Crippen molar-refractivity contribution < 1.29 is 4.74 Å². The number of nitrogens with two attached hydrogens (primary N) is 1. The van der Waals surface area contributed by atoms with Gasteiger partial charge in [-0.1, -0.05) is 6.42 Å². The molecule has 3 rings (SSSR count). The minimum Gasteiger partial charge on any atom is -0.375 e. The van der Waals surface area contributed by atoms with Crippen molar-refractivity contribution in [3.63, 3.8) is 0 Å². The highest BCUT2D eigenvalue weighted by Gasteiger charge is 2.44. The quantitative estimate of drug-likeness (QED) is 0.832. The van der Waals surface area contributed by atoms with Crippen molar-refractivity contribution in [1.82, 2.24) is 9.80 Å². The van der Waals surface area contributed by atoms with E-state index in [0.717, 1.165) is 25.4 Å². The van der Waals surface area contributed by atoms with Gasteiger partial charge in [0.25, 0.3) is 0 Å². The Balaban J connectivity index is 1.72. The molecule has 3 heterocycles. The lowest BCUT2D eigenvalue weighted by Crippen LogP contribution is -2.66. The first-order valence-corrected chi connectivity index (χ1v) is 8.47. The fraction of sp³-hybridized carbons (Fsp3) is 1.00. The molecule has 3 unspecified atom stereocenters. The van der Waals surface area contributed by atoms with E-state index in [9.17, 15) is 0 Å². The fourth-order valence-corrected chi connectivity index (χ4v) is 4.79. The summed E-state index contributed by atoms with van der Waals surface area (Å²) >= 11 is 0. The second-order valence-corrected chi connectivity index (χ2v) is 7.23. The first-order chi connectivity index (χ1) is 9.63. The van der Waals surface area contributed by atoms with Crippen LogP contribution in [-0.4, -0.2) is 66.3 Å². The molecule has 20 heavy (non-hydrogen) atoms. The molecule has 0 aromatic carbocycles. The average molecular weight is 281 g/mol. The van der Waals surface area contributed by atoms with Crippen molar-refractivity contribution in [2.24, 2.45) is 5.73 Å². The highest BCUT2D eigenvalue weighted by Crippen LogP contribution is 2.36. The fourth-order valence-electron chi connectivity index (χ4n) is 4.79. The van der Waals surface area contributed by atoms with Crippen molar-refractivity contribution in [2.75, 3.05) is 32.7 Å². The Labute approximate surface area is 123 Å². The van der Waals surface area contributed by atoms with Gasteiger partial charge in [-0.15, -0.1) is 0 Å². The molecule has 0 aliphatic carbocycles. The van der Waals surface area contributed by atoms with Gasteiger partial charge in [-0.05, 0) is 46.1 Å². The molecule has 4 heteroatoms. The van der Waals surface area contributed by atoms with Crippen LogP contribution in [0.15, 0.2) is 0 Å². The smallest absolute Gasteiger partial charge is 0.0568 e. The lowest BCUT2D eigenvalue weighted by atomic mass is 9.81. The minimum atomic E-state index is 0.181. The Morgan fingerprint density at radius 2 is 1.85 bits per heavy atom. The SMILES string of the molecule is CC1CC(CN)(N2CCN3CCCCC3C2)CC(C)O1. The van der Waals surface area contributed by atoms with Crippen LogP contribution in [-0.2, 0) is 4.74 Å². The van der Waals surface area contributed by atoms with Crippen molar-refractivity contribution in [2.45, 2.75) is 69.7 Å². The first-order valence-electron chi connectivity index (χ1n) is 8.47. The normalized spacial score (nSPS) is 44.2. The Bertz CT molecular complexity index is 326. The number of ether oxygens (including phenoxy) is 1. The molecular formula is C16H31N3O. The topological polar surface area (TPSA) is 41.7 Å². The molecule has 0 bridgehead atoms. The van der Waals surface area contributed by atoms with Gasteiger partial charge in [0.15, 0.2) is 0 Å². The maximum absolute atomic E-state index is 6.25. The van der Waals surface area contributed by atoms with E-state index in [1.165, 1.54) is 45.4 Å². The molecule has 0 aromatic rings. The van der Waals surface area contributed by atoms with Crippen molar-refractivity contribution >= 4 is 0 Å². The maximum atomic E-state index is 6.25. The van der Waals surface area contributed by atoms with Crippen molar-refractivity contribution in [1.29, 1.82) is 0 Å². The number of piperidine rings is 1. The zero-order valence-corrected chi connectivity index (χ0v) is 13.2. The van der Waals surface area contributed by atoms with Crippen LogP contribution < -0.4 is 5.73 Å². The average Bonchev–Trinajstić information content (AvgIpc) is 2.45. The summed E-state index contributed by atoms with van der Waals surface area (Å²) < 4.78 is 5.95. The molecule has 0 amide bonds. The molecule has 3 aliphatic heterocycles. The summed E-state index contributed by atoms with van der Waals surface area (Å²) in [6.07, 6.45) is 7.04. The van der Waals surface area contributed by atoms with Crippen LogP contribution >= 0.6 is 0 Å². The van der Waals surface area contributed by atoms with E-state index in [1.54, 1.807) is 0 Å². The summed E-state index contributed by atoms with van der Waals surface area (Å²) in [5.74, 6) is 0. The molecule has 3 aliphatic rings. The summed E-state index contributed by atoms with van der Waals surface area (Å²) in [6.45, 7) is 10.1. The van der Waals surface area contributed by atoms with E-state index in [-0.39, 0.29) is 5.54 Å². The molecule has 0 saturated carbocycles. The summed E-state index contributed by atoms with van der Waals surface area (Å²) in [5.41, 5.74) is 6.43. The van der Waals surface area contributed by atoms with Gasteiger partial charge in [0.2, 0.25) is 0 Å². The van der Waals surface area contributed by atoms with E-state index >= 15 is 0 Å². The van der Waals surface area contributed by atoms with Gasteiger partial charge in [0.05, 0.1) is 12.2 Å². The highest BCUT2D eigenvalue weighted by atomic mass is 16.5. The van der Waals surface area contributed by atoms with Crippen LogP contribution in [0.1, 0.15) is 46.0 Å². The summed E-state index contributed by atoms with van der Waals surface area (Å²) in [7, 11) is 0. The second kappa shape index (κ2) is 5.91. The third-order valence-electron chi connectivity index (χ3n) is 5.69. The highest BCUT2D eigenvalue weighted by molar-refractivity contribution is 5.01. The van der Waals surface area contributed by atoms with Gasteiger partial charge in [-0.25, -0.2) is 0 Å². The van der Waals surface area contributed by atoms with Gasteiger partial charge in [0.1, 0.15) is 0 Å². The number of fused-ring (bicyclic) bond motifs is 1. The minimum absolute atomic E-state index is 0.181. The Hall–Kier alpha value is -0.160. The first kappa shape index (κ1) is 14.8. The zero-order chi connectivity index (χ0) is 14.2. The van der Waals surface area contributed by atoms with E-state index in [1.807, 2.05) is 0 Å². The molecule has 0 radical (unpaired) electrons. The van der Waals surface area contributed by atoms with Crippen molar-refractivity contribution in [3.05, 3.63) is 0 Å². The Morgan fingerprint density at radius 3 is 2.55 bits per heavy atom. The Kier molecular flexibility index (Phi) is 4.37. The Morgan fingerprint density at radius 1 is 1.10 bits per heavy atom. The summed E-state index contributed by atoms with van der Waals surface area (Å²) in [6, 6.07) is 0.773. The maximum Gasteiger partial charge on any atom is 0.0568 e. The molecule has 4 nitrogen and oxygen atoms in total. The lowest BCUT2D eigenvalue weighted by Gasteiger charge is -2.54. The largest absolute Gasteiger partial charge is 0.375 e. The standard InChI is InChI=1S/C16H31N3O/c1-13-9-16(12-17,10-14(2)20-13)19-8-7-18-6-4-3-5-15(18)11-19/h13-15H,3-12,17H2,1-2H3. The van der Waals surface area contributed by atoms with E-state index in [0.29, 0.717) is 12.2 Å². The van der Waals surface area contributed by atoms with Gasteiger partial charge in [-0.2, -0.15) is 0 Å². The van der Waals surface area contributed by atoms with Crippen LogP contribution in [0.5, 0.6) is 0 Å². The molecular weight excluding hydrogens is 250 g/mol. The lowest BCUT2D eigenvalue weighted by molar-refractivity contribution is -0.118. The number of rotatable bonds is 2. The van der Waals surface area contributed by atoms with Crippen LogP contribution in [0, 0.1) is 0 Å². The van der Waals surface area contributed by atoms with Crippen LogP contribution in [0.2, 0.25) is 0 Å². The third-order valence-corrected chi connectivity index (χ3v) is 5.69. The summed E-state index contributed by atoms with van der Waals surface area (Å²) in [5, 5.41) is 0. The molecule has 0 aromatic heterocycles. The zero-order valence-electron chi connectivity index (χ0n) is 13.2. The molecule has 2 N–H and O–H groups in total. The van der Waals surface area contributed by atoms with Gasteiger partial charge < -0.3 is 10.5 Å².